The minimum absolute atomic E-state index is 0.806. The van der Waals surface area contributed by atoms with Crippen LogP contribution in [0.15, 0.2) is 21.6 Å². The summed E-state index contributed by atoms with van der Waals surface area (Å²) in [7, 11) is 0. The lowest BCUT2D eigenvalue weighted by molar-refractivity contribution is 0.527. The Balaban J connectivity index is 3.12. The molecule has 0 fully saturated rings. The Morgan fingerprint density at radius 3 is 2.57 bits per heavy atom. The molecule has 0 N–H and O–H groups in total. The second-order valence-electron chi connectivity index (χ2n) is 1.34. The van der Waals surface area contributed by atoms with Crippen molar-refractivity contribution in [3.8, 4) is 0 Å². The lowest BCUT2D eigenvalue weighted by Crippen LogP contribution is -1.57. The predicted octanol–water partition coefficient (Wildman–Crippen LogP) is 2.14. The van der Waals surface area contributed by atoms with Crippen LogP contribution in [0.25, 0.3) is 0 Å². The second-order valence-corrected chi connectivity index (χ2v) is 1.78. The van der Waals surface area contributed by atoms with Crippen molar-refractivity contribution in [1.29, 1.82) is 0 Å². The maximum atomic E-state index is 4.86. The van der Waals surface area contributed by atoms with Gasteiger partial charge in [0.2, 0.25) is 0 Å². The van der Waals surface area contributed by atoms with E-state index >= 15 is 0 Å². The summed E-state index contributed by atoms with van der Waals surface area (Å²) in [6.07, 6.45) is 1.59. The summed E-state index contributed by atoms with van der Waals surface area (Å²) in [5, 5.41) is 0. The average Bonchev–Trinajstić information content (AvgIpc) is 1.91. The molecule has 0 aliphatic carbocycles. The fraction of sp³-hybridized carbons (Fsp3) is 0.200. The van der Waals surface area contributed by atoms with Crippen molar-refractivity contribution < 1.29 is 4.42 Å². The van der Waals surface area contributed by atoms with E-state index in [1.54, 1.807) is 12.3 Å². The van der Waals surface area contributed by atoms with E-state index in [2.05, 4.69) is 0 Å². The highest BCUT2D eigenvalue weighted by Crippen LogP contribution is 2.11. The van der Waals surface area contributed by atoms with Crippen LogP contribution in [0.3, 0.4) is 0 Å². The molecule has 0 bridgehead atoms. The van der Waals surface area contributed by atoms with Crippen molar-refractivity contribution in [3.63, 3.8) is 0 Å². The minimum atomic E-state index is 0.806. The number of aryl methyl sites for hydroxylation is 1. The Hall–Kier alpha value is -0.500. The van der Waals surface area contributed by atoms with E-state index in [9.17, 15) is 0 Å². The highest BCUT2D eigenvalue weighted by atomic mass is 32.1. The summed E-state index contributed by atoms with van der Waals surface area (Å²) in [5.74, 6) is 0.829. The predicted molar refractivity (Wildman–Crippen MR) is 29.3 cm³/mol. The van der Waals surface area contributed by atoms with Crippen molar-refractivity contribution in [2.45, 2.75) is 11.8 Å². The molecule has 1 heterocycles. The quantitative estimate of drug-likeness (QED) is 0.502. The van der Waals surface area contributed by atoms with E-state index < -0.39 is 0 Å². The van der Waals surface area contributed by atoms with Crippen molar-refractivity contribution in [1.82, 2.24) is 0 Å². The van der Waals surface area contributed by atoms with Gasteiger partial charge in [-0.2, -0.15) is 0 Å². The van der Waals surface area contributed by atoms with E-state index in [-0.39, 0.29) is 0 Å². The van der Waals surface area contributed by atoms with Crippen LogP contribution in [0.2, 0.25) is 0 Å². The number of furan rings is 1. The molecule has 0 spiro atoms. The summed E-state index contributed by atoms with van der Waals surface area (Å²) in [4.78, 5) is 0.806. The topological polar surface area (TPSA) is 13.1 Å². The maximum absolute atomic E-state index is 4.86. The Kier molecular flexibility index (Phi) is 1.02. The van der Waals surface area contributed by atoms with Gasteiger partial charge in [0.25, 0.3) is 0 Å². The summed E-state index contributed by atoms with van der Waals surface area (Å²) in [6, 6.07) is 1.77. The van der Waals surface area contributed by atoms with Crippen LogP contribution in [0.4, 0.5) is 0 Å². The van der Waals surface area contributed by atoms with Gasteiger partial charge < -0.3 is 4.42 Å². The van der Waals surface area contributed by atoms with Crippen LogP contribution in [0, 0.1) is 6.92 Å². The SMILES string of the molecule is Cc1occc1[S]. The third kappa shape index (κ3) is 0.747. The summed E-state index contributed by atoms with van der Waals surface area (Å²) in [6.45, 7) is 1.85. The molecule has 37 valence electrons. The van der Waals surface area contributed by atoms with Gasteiger partial charge in [0.1, 0.15) is 5.76 Å². The third-order valence-corrected chi connectivity index (χ3v) is 1.23. The van der Waals surface area contributed by atoms with Crippen LogP contribution in [-0.4, -0.2) is 0 Å². The smallest absolute Gasteiger partial charge is 0.118 e. The minimum Gasteiger partial charge on any atom is -0.468 e. The molecule has 0 unspecified atom stereocenters. The number of rotatable bonds is 0. The average molecular weight is 113 g/mol. The van der Waals surface area contributed by atoms with E-state index in [1.165, 1.54) is 0 Å². The first-order valence-corrected chi connectivity index (χ1v) is 2.42. The van der Waals surface area contributed by atoms with E-state index in [0.717, 1.165) is 10.7 Å². The summed E-state index contributed by atoms with van der Waals surface area (Å²) >= 11 is 4.79. The molecule has 1 nitrogen and oxygen atoms in total. The number of hydrogen-bond acceptors (Lipinski definition) is 1. The first-order valence-electron chi connectivity index (χ1n) is 2.02. The lowest BCUT2D eigenvalue weighted by atomic mass is 10.5. The van der Waals surface area contributed by atoms with Gasteiger partial charge >= 0.3 is 0 Å². The molecule has 0 saturated heterocycles. The van der Waals surface area contributed by atoms with E-state index in [0.29, 0.717) is 0 Å². The molecule has 0 amide bonds. The molecule has 1 aromatic rings. The molecule has 2 heteroatoms. The molecule has 1 radical (unpaired) electrons. The Bertz CT molecular complexity index is 140. The molecule has 7 heavy (non-hydrogen) atoms. The van der Waals surface area contributed by atoms with Gasteiger partial charge in [0.15, 0.2) is 0 Å². The highest BCUT2D eigenvalue weighted by molar-refractivity contribution is 7.80. The van der Waals surface area contributed by atoms with Gasteiger partial charge in [-0.05, 0) is 13.0 Å². The standard InChI is InChI=1S/C5H5OS/c1-4-5(7)2-3-6-4/h2-3H,1H3. The normalized spacial score (nSPS) is 9.29. The lowest BCUT2D eigenvalue weighted by Gasteiger charge is -1.76. The van der Waals surface area contributed by atoms with Gasteiger partial charge in [-0.3, -0.25) is 0 Å². The third-order valence-electron chi connectivity index (χ3n) is 0.811. The summed E-state index contributed by atoms with van der Waals surface area (Å²) in [5.41, 5.74) is 0. The molecular weight excluding hydrogens is 108 g/mol. The second kappa shape index (κ2) is 1.54. The van der Waals surface area contributed by atoms with Crippen LogP contribution < -0.4 is 0 Å². The maximum Gasteiger partial charge on any atom is 0.118 e. The summed E-state index contributed by atoms with van der Waals surface area (Å²) < 4.78 is 4.86. The Morgan fingerprint density at radius 2 is 2.43 bits per heavy atom. The van der Waals surface area contributed by atoms with Crippen LogP contribution in [0.1, 0.15) is 5.76 Å². The molecule has 0 aliphatic heterocycles. The fourth-order valence-corrected chi connectivity index (χ4v) is 0.477. The van der Waals surface area contributed by atoms with Crippen molar-refractivity contribution >= 4 is 12.6 Å². The van der Waals surface area contributed by atoms with Gasteiger partial charge in [-0.1, -0.05) is 12.6 Å². The first kappa shape index (κ1) is 4.65. The van der Waals surface area contributed by atoms with Gasteiger partial charge in [0, 0.05) is 0 Å². The van der Waals surface area contributed by atoms with Gasteiger partial charge in [-0.25, -0.2) is 0 Å². The van der Waals surface area contributed by atoms with Gasteiger partial charge in [0.05, 0.1) is 11.2 Å². The molecule has 0 saturated carbocycles. The Morgan fingerprint density at radius 1 is 1.71 bits per heavy atom. The number of hydrogen-bond donors (Lipinski definition) is 0. The van der Waals surface area contributed by atoms with Crippen molar-refractivity contribution in [3.05, 3.63) is 18.1 Å². The van der Waals surface area contributed by atoms with Gasteiger partial charge in [-0.15, -0.1) is 0 Å². The molecular formula is C5H5OS. The molecule has 0 aromatic carbocycles. The van der Waals surface area contributed by atoms with Crippen LogP contribution >= 0.6 is 12.6 Å². The molecule has 0 aliphatic rings. The highest BCUT2D eigenvalue weighted by Gasteiger charge is 1.91. The van der Waals surface area contributed by atoms with Crippen molar-refractivity contribution in [2.24, 2.45) is 0 Å². The van der Waals surface area contributed by atoms with Crippen molar-refractivity contribution in [2.75, 3.05) is 0 Å². The monoisotopic (exact) mass is 113 g/mol. The molecule has 1 rings (SSSR count). The largest absolute Gasteiger partial charge is 0.468 e. The van der Waals surface area contributed by atoms with Crippen LogP contribution in [-0.2, 0) is 0 Å². The Labute approximate surface area is 47.7 Å². The fourth-order valence-electron chi connectivity index (χ4n) is 0.373. The van der Waals surface area contributed by atoms with E-state index in [1.807, 2.05) is 6.92 Å². The molecule has 0 atom stereocenters. The molecule has 1 aromatic heterocycles. The zero-order chi connectivity index (χ0) is 5.28. The first-order chi connectivity index (χ1) is 3.30. The zero-order valence-electron chi connectivity index (χ0n) is 3.97. The van der Waals surface area contributed by atoms with Crippen LogP contribution in [0.5, 0.6) is 0 Å². The van der Waals surface area contributed by atoms with E-state index in [4.69, 9.17) is 17.0 Å². The zero-order valence-corrected chi connectivity index (χ0v) is 4.79.